The molecule has 1 fully saturated rings. The van der Waals surface area contributed by atoms with E-state index in [9.17, 15) is 9.59 Å². The summed E-state index contributed by atoms with van der Waals surface area (Å²) in [6.45, 7) is 2.03. The van der Waals surface area contributed by atoms with Gasteiger partial charge in [0.1, 0.15) is 6.54 Å². The minimum Gasteiger partial charge on any atom is -0.341 e. The molecule has 31 heavy (non-hydrogen) atoms. The molecular formula is C26H27N3O2. The van der Waals surface area contributed by atoms with Crippen LogP contribution in [0.5, 0.6) is 0 Å². The molecule has 2 aromatic carbocycles. The Bertz CT molecular complexity index is 1180. The second-order valence-electron chi connectivity index (χ2n) is 8.46. The van der Waals surface area contributed by atoms with E-state index in [1.54, 1.807) is 4.90 Å². The minimum atomic E-state index is -0.00123. The lowest BCUT2D eigenvalue weighted by atomic mass is 10.0. The standard InChI is InChI=1S/C26H27N3O2/c1-27-23-12-6-5-11-21(23)22(26(27)31)16-19-17-29(24-13-7-4-10-20(19)24)18-25(30)28-14-8-2-3-9-15-28/h4-7,10-13,16-17H,2-3,8-9,14-15,18H2,1H3. The van der Waals surface area contributed by atoms with Gasteiger partial charge >= 0.3 is 0 Å². The van der Waals surface area contributed by atoms with Gasteiger partial charge in [-0.05, 0) is 31.1 Å². The predicted octanol–water partition coefficient (Wildman–Crippen LogP) is 4.56. The fourth-order valence-electron chi connectivity index (χ4n) is 4.78. The van der Waals surface area contributed by atoms with Crippen molar-refractivity contribution in [1.29, 1.82) is 0 Å². The topological polar surface area (TPSA) is 45.6 Å². The predicted molar refractivity (Wildman–Crippen MR) is 125 cm³/mol. The van der Waals surface area contributed by atoms with Crippen LogP contribution in [0.15, 0.2) is 54.7 Å². The quantitative estimate of drug-likeness (QED) is 0.591. The van der Waals surface area contributed by atoms with Gasteiger partial charge in [-0.2, -0.15) is 0 Å². The van der Waals surface area contributed by atoms with E-state index in [4.69, 9.17) is 0 Å². The SMILES string of the molecule is CN1C(=O)C(=Cc2cn(CC(=O)N3CCCCCC3)c3ccccc23)c2ccccc21. The third-order valence-corrected chi connectivity index (χ3v) is 6.47. The number of hydrogen-bond acceptors (Lipinski definition) is 2. The molecule has 2 amide bonds. The second-order valence-corrected chi connectivity index (χ2v) is 8.46. The van der Waals surface area contributed by atoms with Gasteiger partial charge in [-0.3, -0.25) is 9.59 Å². The van der Waals surface area contributed by atoms with E-state index in [0.29, 0.717) is 12.1 Å². The average molecular weight is 414 g/mol. The van der Waals surface area contributed by atoms with E-state index in [1.165, 1.54) is 12.8 Å². The summed E-state index contributed by atoms with van der Waals surface area (Å²) in [6.07, 6.45) is 8.58. The van der Waals surface area contributed by atoms with Gasteiger partial charge in [-0.1, -0.05) is 49.2 Å². The maximum absolute atomic E-state index is 13.0. The first-order valence-electron chi connectivity index (χ1n) is 11.1. The molecule has 158 valence electrons. The van der Waals surface area contributed by atoms with Gasteiger partial charge in [0.2, 0.25) is 5.91 Å². The summed E-state index contributed by atoms with van der Waals surface area (Å²) in [5.41, 5.74) is 4.56. The summed E-state index contributed by atoms with van der Waals surface area (Å²) >= 11 is 0. The smallest absolute Gasteiger partial charge is 0.258 e. The number of hydrogen-bond donors (Lipinski definition) is 0. The van der Waals surface area contributed by atoms with Crippen LogP contribution in [0.4, 0.5) is 5.69 Å². The van der Waals surface area contributed by atoms with Crippen LogP contribution in [-0.2, 0) is 16.1 Å². The van der Waals surface area contributed by atoms with Gasteiger partial charge in [0, 0.05) is 53.9 Å². The third kappa shape index (κ3) is 3.54. The van der Waals surface area contributed by atoms with Crippen LogP contribution in [-0.4, -0.2) is 41.4 Å². The van der Waals surface area contributed by atoms with E-state index in [2.05, 4.69) is 6.07 Å². The fourth-order valence-corrected chi connectivity index (χ4v) is 4.78. The molecular weight excluding hydrogens is 386 g/mol. The number of carbonyl (C=O) groups is 2. The number of likely N-dealkylation sites (tertiary alicyclic amines) is 1. The summed E-state index contributed by atoms with van der Waals surface area (Å²) in [7, 11) is 1.81. The van der Waals surface area contributed by atoms with Crippen molar-refractivity contribution in [3.8, 4) is 0 Å². The molecule has 1 aromatic heterocycles. The molecule has 0 aliphatic carbocycles. The summed E-state index contributed by atoms with van der Waals surface area (Å²) in [5.74, 6) is 0.169. The number of fused-ring (bicyclic) bond motifs is 2. The van der Waals surface area contributed by atoms with Gasteiger partial charge < -0.3 is 14.4 Å². The van der Waals surface area contributed by atoms with E-state index in [0.717, 1.165) is 53.6 Å². The van der Waals surface area contributed by atoms with Gasteiger partial charge in [-0.15, -0.1) is 0 Å². The molecule has 0 bridgehead atoms. The fraction of sp³-hybridized carbons (Fsp3) is 0.308. The minimum absolute atomic E-state index is 0.00123. The van der Waals surface area contributed by atoms with Crippen molar-refractivity contribution in [1.82, 2.24) is 9.47 Å². The molecule has 5 rings (SSSR count). The Morgan fingerprint density at radius 2 is 1.68 bits per heavy atom. The van der Waals surface area contributed by atoms with Crippen molar-refractivity contribution < 1.29 is 9.59 Å². The van der Waals surface area contributed by atoms with Crippen LogP contribution >= 0.6 is 0 Å². The Morgan fingerprint density at radius 3 is 2.48 bits per heavy atom. The van der Waals surface area contributed by atoms with E-state index in [-0.39, 0.29) is 11.8 Å². The Morgan fingerprint density at radius 1 is 0.968 bits per heavy atom. The van der Waals surface area contributed by atoms with Crippen molar-refractivity contribution in [3.63, 3.8) is 0 Å². The van der Waals surface area contributed by atoms with E-state index in [1.807, 2.05) is 71.3 Å². The van der Waals surface area contributed by atoms with Crippen LogP contribution in [0.3, 0.4) is 0 Å². The van der Waals surface area contributed by atoms with Crippen LogP contribution < -0.4 is 4.90 Å². The Hall–Kier alpha value is -3.34. The second kappa shape index (κ2) is 8.06. The molecule has 3 aromatic rings. The van der Waals surface area contributed by atoms with Crippen LogP contribution in [0.25, 0.3) is 22.6 Å². The van der Waals surface area contributed by atoms with Crippen molar-refractivity contribution in [2.75, 3.05) is 25.0 Å². The van der Waals surface area contributed by atoms with Crippen molar-refractivity contribution in [3.05, 3.63) is 65.9 Å². The van der Waals surface area contributed by atoms with Crippen molar-refractivity contribution >= 4 is 40.1 Å². The number of aromatic nitrogens is 1. The highest BCUT2D eigenvalue weighted by atomic mass is 16.2. The number of para-hydroxylation sites is 2. The van der Waals surface area contributed by atoms with Crippen LogP contribution in [0, 0.1) is 0 Å². The maximum atomic E-state index is 13.0. The zero-order chi connectivity index (χ0) is 21.4. The Labute approximate surface area is 182 Å². The van der Waals surface area contributed by atoms with Crippen molar-refractivity contribution in [2.45, 2.75) is 32.2 Å². The zero-order valence-electron chi connectivity index (χ0n) is 17.9. The highest BCUT2D eigenvalue weighted by molar-refractivity contribution is 6.36. The lowest BCUT2D eigenvalue weighted by Crippen LogP contribution is -2.34. The largest absolute Gasteiger partial charge is 0.341 e. The number of nitrogens with zero attached hydrogens (tertiary/aromatic N) is 3. The number of likely N-dealkylation sites (N-methyl/N-ethyl adjacent to an activating group) is 1. The Balaban J connectivity index is 1.52. The average Bonchev–Trinajstić information content (AvgIpc) is 3.08. The zero-order valence-corrected chi connectivity index (χ0v) is 17.9. The monoisotopic (exact) mass is 413 g/mol. The molecule has 0 spiro atoms. The van der Waals surface area contributed by atoms with Crippen LogP contribution in [0.2, 0.25) is 0 Å². The molecule has 0 radical (unpaired) electrons. The molecule has 2 aliphatic heterocycles. The normalized spacial score (nSPS) is 18.0. The molecule has 0 N–H and O–H groups in total. The molecule has 0 saturated carbocycles. The number of carbonyl (C=O) groups excluding carboxylic acids is 2. The number of amides is 2. The molecule has 3 heterocycles. The first kappa shape index (κ1) is 19.6. The number of benzene rings is 2. The van der Waals surface area contributed by atoms with Gasteiger partial charge in [0.15, 0.2) is 0 Å². The molecule has 0 unspecified atom stereocenters. The number of anilines is 1. The lowest BCUT2D eigenvalue weighted by Gasteiger charge is -2.20. The number of rotatable bonds is 3. The summed E-state index contributed by atoms with van der Waals surface area (Å²) in [6, 6.07) is 16.0. The maximum Gasteiger partial charge on any atom is 0.258 e. The molecule has 1 saturated heterocycles. The molecule has 5 heteroatoms. The van der Waals surface area contributed by atoms with Crippen molar-refractivity contribution in [2.24, 2.45) is 0 Å². The summed E-state index contributed by atoms with van der Waals surface area (Å²) < 4.78 is 2.03. The highest BCUT2D eigenvalue weighted by Crippen LogP contribution is 2.37. The van der Waals surface area contributed by atoms with E-state index >= 15 is 0 Å². The summed E-state index contributed by atoms with van der Waals surface area (Å²) in [5, 5.41) is 1.05. The summed E-state index contributed by atoms with van der Waals surface area (Å²) in [4.78, 5) is 29.6. The van der Waals surface area contributed by atoms with Gasteiger partial charge in [0.25, 0.3) is 5.91 Å². The van der Waals surface area contributed by atoms with Gasteiger partial charge in [0.05, 0.1) is 5.69 Å². The molecule has 2 aliphatic rings. The molecule has 0 atom stereocenters. The lowest BCUT2D eigenvalue weighted by molar-refractivity contribution is -0.131. The van der Waals surface area contributed by atoms with Crippen LogP contribution in [0.1, 0.15) is 36.8 Å². The first-order chi connectivity index (χ1) is 15.1. The molecule has 5 nitrogen and oxygen atoms in total. The third-order valence-electron chi connectivity index (χ3n) is 6.47. The van der Waals surface area contributed by atoms with Gasteiger partial charge in [-0.25, -0.2) is 0 Å². The van der Waals surface area contributed by atoms with E-state index < -0.39 is 0 Å². The first-order valence-corrected chi connectivity index (χ1v) is 11.1. The highest BCUT2D eigenvalue weighted by Gasteiger charge is 2.29. The Kier molecular flexibility index (Phi) is 5.10.